The van der Waals surface area contributed by atoms with Crippen molar-refractivity contribution in [2.45, 2.75) is 0 Å². The van der Waals surface area contributed by atoms with Crippen molar-refractivity contribution in [2.75, 3.05) is 0 Å². The van der Waals surface area contributed by atoms with E-state index in [0.29, 0.717) is 0 Å². The first-order valence-corrected chi connectivity index (χ1v) is 3.05. The van der Waals surface area contributed by atoms with Gasteiger partial charge in [-0.1, -0.05) is 12.1 Å². The molecule has 0 bridgehead atoms. The van der Waals surface area contributed by atoms with Gasteiger partial charge in [-0.2, -0.15) is 5.10 Å². The van der Waals surface area contributed by atoms with Crippen LogP contribution in [0.1, 0.15) is 0 Å². The molecule has 0 radical (unpaired) electrons. The topological polar surface area (TPSA) is 39.9 Å². The number of hydrogen-bond acceptors (Lipinski definition) is 2. The number of rotatable bonds is 0. The number of aromatic amines is 1. The zero-order valence-electron chi connectivity index (χ0n) is 5.28. The van der Waals surface area contributed by atoms with Crippen molar-refractivity contribution in [3.63, 3.8) is 0 Å². The summed E-state index contributed by atoms with van der Waals surface area (Å²) in [7, 11) is 0. The maximum atomic E-state index is 3.88. The van der Waals surface area contributed by atoms with Gasteiger partial charge in [0.2, 0.25) is 5.52 Å². The summed E-state index contributed by atoms with van der Waals surface area (Å²) in [5, 5.41) is 11.3. The van der Waals surface area contributed by atoms with E-state index in [-0.39, 0.29) is 0 Å². The summed E-state index contributed by atoms with van der Waals surface area (Å²) >= 11 is 0. The summed E-state index contributed by atoms with van der Waals surface area (Å²) in [5.41, 5.74) is 0.918. The molecule has 0 unspecified atom stereocenters. The fourth-order valence-corrected chi connectivity index (χ4v) is 0.882. The third-order valence-corrected chi connectivity index (χ3v) is 1.37. The molecule has 1 N–H and O–H groups in total. The maximum Gasteiger partial charge on any atom is 0.214 e. The molecule has 3 nitrogen and oxygen atoms in total. The molecule has 0 aliphatic carbocycles. The Bertz CT molecular complexity index is 280. The minimum absolute atomic E-state index is 0.918. The Labute approximate surface area is 57.7 Å². The smallest absolute Gasteiger partial charge is 0.150 e. The number of benzene rings is 1. The minimum atomic E-state index is 0.918. The van der Waals surface area contributed by atoms with Crippen molar-refractivity contribution < 1.29 is 5.10 Å². The average Bonchev–Trinajstić information content (AvgIpc) is 2.05. The van der Waals surface area contributed by atoms with Gasteiger partial charge in [0.1, 0.15) is 11.4 Å². The Morgan fingerprint density at radius 1 is 1.20 bits per heavy atom. The number of aromatic nitrogens is 3. The molecule has 2 rings (SSSR count). The Balaban J connectivity index is 2.89. The van der Waals surface area contributed by atoms with Crippen LogP contribution in [0.4, 0.5) is 0 Å². The molecular weight excluding hydrogens is 126 g/mol. The predicted molar refractivity (Wildman–Crippen MR) is 36.1 cm³/mol. The number of H-pyrrole nitrogens is 1. The van der Waals surface area contributed by atoms with Crippen molar-refractivity contribution in [1.82, 2.24) is 10.3 Å². The van der Waals surface area contributed by atoms with Crippen LogP contribution in [0.25, 0.3) is 10.9 Å². The van der Waals surface area contributed by atoms with Crippen LogP contribution in [0.2, 0.25) is 0 Å². The van der Waals surface area contributed by atoms with Crippen molar-refractivity contribution in [3.8, 4) is 0 Å². The van der Waals surface area contributed by atoms with Gasteiger partial charge in [-0.05, 0) is 12.1 Å². The summed E-state index contributed by atoms with van der Waals surface area (Å²) in [6, 6.07) is 7.82. The van der Waals surface area contributed by atoms with E-state index in [1.807, 2.05) is 30.5 Å². The van der Waals surface area contributed by atoms with E-state index >= 15 is 0 Å². The number of fused-ring (bicyclic) bond motifs is 1. The normalized spacial score (nSPS) is 10.0. The second-order valence-electron chi connectivity index (χ2n) is 2.03. The minimum Gasteiger partial charge on any atom is -0.150 e. The average molecular weight is 132 g/mol. The van der Waals surface area contributed by atoms with Crippen molar-refractivity contribution >= 4 is 10.9 Å². The predicted octanol–water partition coefficient (Wildman–Crippen LogP) is 0.444. The Morgan fingerprint density at radius 3 is 3.00 bits per heavy atom. The lowest BCUT2D eigenvalue weighted by molar-refractivity contribution is -0.461. The quantitative estimate of drug-likeness (QED) is 0.522. The molecule has 0 aliphatic rings. The molecule has 0 aliphatic heterocycles. The fraction of sp³-hybridized carbons (Fsp3) is 0. The van der Waals surface area contributed by atoms with E-state index in [0.717, 1.165) is 10.9 Å². The summed E-state index contributed by atoms with van der Waals surface area (Å²) in [6.45, 7) is 0. The highest BCUT2D eigenvalue weighted by molar-refractivity contribution is 5.75. The molecule has 0 amide bonds. The highest BCUT2D eigenvalue weighted by Gasteiger charge is 1.96. The molecular formula is C7H6N3+. The molecule has 2 aromatic rings. The fourth-order valence-electron chi connectivity index (χ4n) is 0.882. The molecule has 0 spiro atoms. The lowest BCUT2D eigenvalue weighted by atomic mass is 10.2. The zero-order chi connectivity index (χ0) is 6.81. The van der Waals surface area contributed by atoms with E-state index in [1.54, 1.807) is 0 Å². The van der Waals surface area contributed by atoms with Gasteiger partial charge in [0.15, 0.2) is 0 Å². The maximum absolute atomic E-state index is 3.88. The molecule has 1 heterocycles. The Hall–Kier alpha value is -1.51. The summed E-state index contributed by atoms with van der Waals surface area (Å²) in [4.78, 5) is 0. The summed E-state index contributed by atoms with van der Waals surface area (Å²) < 4.78 is 0. The van der Waals surface area contributed by atoms with Crippen LogP contribution in [0.15, 0.2) is 30.5 Å². The molecule has 0 saturated heterocycles. The standard InChI is InChI=1S/C7H5N3/c1-2-4-7-6(3-1)5-8-10-9-7/h1-5H/p+1. The molecule has 0 fully saturated rings. The Kier molecular flexibility index (Phi) is 1.07. The van der Waals surface area contributed by atoms with Gasteiger partial charge in [0.05, 0.1) is 10.5 Å². The van der Waals surface area contributed by atoms with Gasteiger partial charge >= 0.3 is 0 Å². The molecule has 1 aromatic carbocycles. The van der Waals surface area contributed by atoms with Crippen LogP contribution < -0.4 is 5.10 Å². The first-order valence-electron chi connectivity index (χ1n) is 3.05. The zero-order valence-corrected chi connectivity index (χ0v) is 5.28. The molecule has 0 saturated carbocycles. The SMILES string of the molecule is c1ccc2nn[nH+]cc2c1. The lowest BCUT2D eigenvalue weighted by Crippen LogP contribution is -2.08. The van der Waals surface area contributed by atoms with Crippen LogP contribution in [0, 0.1) is 0 Å². The second kappa shape index (κ2) is 2.02. The third-order valence-electron chi connectivity index (χ3n) is 1.37. The monoisotopic (exact) mass is 132 g/mol. The number of nitrogens with zero attached hydrogens (tertiary/aromatic N) is 2. The lowest BCUT2D eigenvalue weighted by Gasteiger charge is -1.82. The van der Waals surface area contributed by atoms with Crippen molar-refractivity contribution in [3.05, 3.63) is 30.5 Å². The van der Waals surface area contributed by atoms with Gasteiger partial charge in [-0.15, -0.1) is 0 Å². The van der Waals surface area contributed by atoms with E-state index in [1.165, 1.54) is 0 Å². The van der Waals surface area contributed by atoms with Crippen LogP contribution >= 0.6 is 0 Å². The first kappa shape index (κ1) is 5.29. The van der Waals surface area contributed by atoms with Gasteiger partial charge in [-0.3, -0.25) is 0 Å². The molecule has 0 atom stereocenters. The largest absolute Gasteiger partial charge is 0.214 e. The highest BCUT2D eigenvalue weighted by Crippen LogP contribution is 2.04. The third kappa shape index (κ3) is 0.719. The summed E-state index contributed by atoms with van der Waals surface area (Å²) in [5.74, 6) is 0. The molecule has 48 valence electrons. The van der Waals surface area contributed by atoms with Crippen LogP contribution in [-0.2, 0) is 0 Å². The molecule has 1 aromatic heterocycles. The van der Waals surface area contributed by atoms with Crippen LogP contribution in [-0.4, -0.2) is 10.3 Å². The van der Waals surface area contributed by atoms with Gasteiger partial charge in [0.25, 0.3) is 0 Å². The van der Waals surface area contributed by atoms with Gasteiger partial charge < -0.3 is 0 Å². The molecule has 3 heteroatoms. The molecule has 10 heavy (non-hydrogen) atoms. The number of nitrogens with one attached hydrogen (secondary N) is 1. The van der Waals surface area contributed by atoms with E-state index in [9.17, 15) is 0 Å². The van der Waals surface area contributed by atoms with Crippen LogP contribution in [0.3, 0.4) is 0 Å². The van der Waals surface area contributed by atoms with Gasteiger partial charge in [0, 0.05) is 0 Å². The first-order chi connectivity index (χ1) is 4.97. The summed E-state index contributed by atoms with van der Waals surface area (Å²) in [6.07, 6.45) is 1.82. The number of hydrogen-bond donors (Lipinski definition) is 0. The second-order valence-corrected chi connectivity index (χ2v) is 2.03. The van der Waals surface area contributed by atoms with E-state index in [2.05, 4.69) is 15.4 Å². The van der Waals surface area contributed by atoms with E-state index < -0.39 is 0 Å². The highest BCUT2D eigenvalue weighted by atomic mass is 15.3. The van der Waals surface area contributed by atoms with Gasteiger partial charge in [-0.25, -0.2) is 0 Å². The van der Waals surface area contributed by atoms with Crippen LogP contribution in [0.5, 0.6) is 0 Å². The van der Waals surface area contributed by atoms with Crippen molar-refractivity contribution in [2.24, 2.45) is 0 Å². The van der Waals surface area contributed by atoms with E-state index in [4.69, 9.17) is 0 Å². The van der Waals surface area contributed by atoms with Crippen molar-refractivity contribution in [1.29, 1.82) is 0 Å². The Morgan fingerprint density at radius 2 is 2.10 bits per heavy atom.